The Morgan fingerprint density at radius 2 is 0.867 bits per heavy atom. The lowest BCUT2D eigenvalue weighted by atomic mass is 9.84. The minimum Gasteiger partial charge on any atom is -0.494 e. The molecule has 0 radical (unpaired) electrons. The fourth-order valence-corrected chi connectivity index (χ4v) is 7.53. The van der Waals surface area contributed by atoms with E-state index in [9.17, 15) is 0 Å². The summed E-state index contributed by atoms with van der Waals surface area (Å²) in [4.78, 5) is 2.31. The molecule has 1 aliphatic heterocycles. The molecule has 8 rings (SSSR count). The first kappa shape index (κ1) is 40.4. The van der Waals surface area contributed by atoms with Crippen molar-refractivity contribution in [3.8, 4) is 28.0 Å². The summed E-state index contributed by atoms with van der Waals surface area (Å²) in [5.74, 6) is 0.885. The predicted octanol–water partition coefficient (Wildman–Crippen LogP) is 14.4. The van der Waals surface area contributed by atoms with E-state index in [4.69, 9.17) is 14.2 Å². The topological polar surface area (TPSA) is 55.0 Å². The van der Waals surface area contributed by atoms with Gasteiger partial charge in [0.25, 0.3) is 0 Å². The van der Waals surface area contributed by atoms with Gasteiger partial charge < -0.3 is 29.7 Å². The van der Waals surface area contributed by atoms with Gasteiger partial charge in [0.15, 0.2) is 0 Å². The van der Waals surface area contributed by atoms with Crippen molar-refractivity contribution >= 4 is 39.8 Å². The Bertz CT molecular complexity index is 2190. The second-order valence-electron chi connectivity index (χ2n) is 15.7. The lowest BCUT2D eigenvalue weighted by Crippen LogP contribution is -2.45. The number of hydrogen-bond donors (Lipinski definition) is 2. The van der Waals surface area contributed by atoms with Gasteiger partial charge in [0.2, 0.25) is 0 Å². The summed E-state index contributed by atoms with van der Waals surface area (Å²) in [7, 11) is 0. The molecule has 1 aliphatic rings. The molecule has 6 nitrogen and oxygen atoms in total. The molecule has 0 bridgehead atoms. The number of hydrogen-bond acceptors (Lipinski definition) is 6. The molecule has 0 unspecified atom stereocenters. The first-order chi connectivity index (χ1) is 29.6. The molecule has 1 fully saturated rings. The van der Waals surface area contributed by atoms with Gasteiger partial charge in [0, 0.05) is 51.8 Å². The quantitative estimate of drug-likeness (QED) is 0.0750. The highest BCUT2D eigenvalue weighted by molar-refractivity contribution is 5.80. The summed E-state index contributed by atoms with van der Waals surface area (Å²) in [5, 5.41) is 6.96. The highest BCUT2D eigenvalue weighted by Crippen LogP contribution is 2.38. The molecule has 2 N–H and O–H groups in total. The van der Waals surface area contributed by atoms with Gasteiger partial charge in [-0.1, -0.05) is 98.3 Å². The summed E-state index contributed by atoms with van der Waals surface area (Å²) in [6.45, 7) is 6.26. The average molecular weight is 794 g/mol. The van der Waals surface area contributed by atoms with Gasteiger partial charge in [-0.05, 0) is 145 Å². The number of benzene rings is 7. The van der Waals surface area contributed by atoms with Crippen molar-refractivity contribution in [1.82, 2.24) is 0 Å². The molecule has 0 aromatic heterocycles. The van der Waals surface area contributed by atoms with E-state index in [1.165, 1.54) is 11.1 Å². The molecule has 0 amide bonds. The molecule has 6 heteroatoms. The van der Waals surface area contributed by atoms with Gasteiger partial charge in [-0.2, -0.15) is 0 Å². The van der Waals surface area contributed by atoms with Gasteiger partial charge in [-0.3, -0.25) is 0 Å². The van der Waals surface area contributed by atoms with E-state index >= 15 is 0 Å². The zero-order valence-electron chi connectivity index (χ0n) is 34.6. The standard InChI is InChI=1S/C54H55N3O3/c1-2-54(40-59-41-54)39-58-37-11-3-4-12-38-60-53-35-33-52(34-36-53)57(50-29-21-44(22-30-50)42-17-25-48(26-18-42)55-46-13-7-5-8-14-46)51-31-23-45(24-32-51)43-19-27-49(28-20-43)56-47-15-9-6-10-16-47/h5-10,13-36,55-56H,2-4,11-12,37-41H2,1H3. The van der Waals surface area contributed by atoms with Crippen LogP contribution in [0.3, 0.4) is 0 Å². The van der Waals surface area contributed by atoms with E-state index in [0.29, 0.717) is 6.61 Å². The number of rotatable bonds is 20. The van der Waals surface area contributed by atoms with Crippen LogP contribution in [0.2, 0.25) is 0 Å². The number of para-hydroxylation sites is 2. The summed E-state index contributed by atoms with van der Waals surface area (Å²) in [6.07, 6.45) is 5.52. The van der Waals surface area contributed by atoms with Crippen molar-refractivity contribution in [1.29, 1.82) is 0 Å². The van der Waals surface area contributed by atoms with Crippen molar-refractivity contribution in [3.63, 3.8) is 0 Å². The lowest BCUT2D eigenvalue weighted by molar-refractivity contribution is -0.150. The third-order valence-electron chi connectivity index (χ3n) is 11.3. The van der Waals surface area contributed by atoms with Crippen LogP contribution in [-0.4, -0.2) is 33.0 Å². The fourth-order valence-electron chi connectivity index (χ4n) is 7.53. The predicted molar refractivity (Wildman–Crippen MR) is 250 cm³/mol. The average Bonchev–Trinajstić information content (AvgIpc) is 3.29. The smallest absolute Gasteiger partial charge is 0.119 e. The monoisotopic (exact) mass is 793 g/mol. The van der Waals surface area contributed by atoms with Gasteiger partial charge in [0.05, 0.1) is 26.4 Å². The fraction of sp³-hybridized carbons (Fsp3) is 0.222. The maximum absolute atomic E-state index is 6.20. The van der Waals surface area contributed by atoms with Crippen LogP contribution in [0.1, 0.15) is 39.0 Å². The van der Waals surface area contributed by atoms with E-state index in [1.54, 1.807) is 0 Å². The molecule has 60 heavy (non-hydrogen) atoms. The molecule has 7 aromatic rings. The first-order valence-electron chi connectivity index (χ1n) is 21.4. The second-order valence-corrected chi connectivity index (χ2v) is 15.7. The van der Waals surface area contributed by atoms with Crippen LogP contribution < -0.4 is 20.3 Å². The molecule has 0 aliphatic carbocycles. The number of ether oxygens (including phenoxy) is 3. The van der Waals surface area contributed by atoms with Gasteiger partial charge in [-0.25, -0.2) is 0 Å². The summed E-state index contributed by atoms with van der Waals surface area (Å²) in [6, 6.07) is 63.8. The summed E-state index contributed by atoms with van der Waals surface area (Å²) in [5.41, 5.74) is 12.4. The highest BCUT2D eigenvalue weighted by Gasteiger charge is 2.36. The lowest BCUT2D eigenvalue weighted by Gasteiger charge is -2.40. The van der Waals surface area contributed by atoms with E-state index in [-0.39, 0.29) is 5.41 Å². The Labute approximate surface area is 355 Å². The van der Waals surface area contributed by atoms with Crippen LogP contribution in [-0.2, 0) is 9.47 Å². The maximum atomic E-state index is 6.20. The van der Waals surface area contributed by atoms with Crippen molar-refractivity contribution in [2.75, 3.05) is 48.6 Å². The number of anilines is 7. The van der Waals surface area contributed by atoms with Crippen LogP contribution in [0.5, 0.6) is 5.75 Å². The van der Waals surface area contributed by atoms with Crippen molar-refractivity contribution < 1.29 is 14.2 Å². The first-order valence-corrected chi connectivity index (χ1v) is 21.4. The molecule has 7 aromatic carbocycles. The molecule has 1 saturated heterocycles. The van der Waals surface area contributed by atoms with Crippen molar-refractivity contribution in [3.05, 3.63) is 182 Å². The third-order valence-corrected chi connectivity index (χ3v) is 11.3. The minimum atomic E-state index is 0.263. The Hall–Kier alpha value is -6.34. The normalized spacial score (nSPS) is 12.9. The van der Waals surface area contributed by atoms with Crippen LogP contribution in [0.4, 0.5) is 39.8 Å². The third kappa shape index (κ3) is 10.6. The molecule has 0 saturated carbocycles. The molecular formula is C54H55N3O3. The van der Waals surface area contributed by atoms with Crippen LogP contribution in [0.25, 0.3) is 22.3 Å². The maximum Gasteiger partial charge on any atom is 0.119 e. The second kappa shape index (κ2) is 20.1. The summed E-state index contributed by atoms with van der Waals surface area (Å²) < 4.78 is 17.6. The molecule has 0 spiro atoms. The van der Waals surface area contributed by atoms with Crippen LogP contribution in [0, 0.1) is 5.41 Å². The van der Waals surface area contributed by atoms with Gasteiger partial charge in [0.1, 0.15) is 5.75 Å². The number of unbranched alkanes of at least 4 members (excludes halogenated alkanes) is 3. The zero-order chi connectivity index (χ0) is 40.8. The number of nitrogens with zero attached hydrogens (tertiary/aromatic N) is 1. The van der Waals surface area contributed by atoms with Crippen LogP contribution >= 0.6 is 0 Å². The van der Waals surface area contributed by atoms with Gasteiger partial charge >= 0.3 is 0 Å². The summed E-state index contributed by atoms with van der Waals surface area (Å²) >= 11 is 0. The zero-order valence-corrected chi connectivity index (χ0v) is 34.6. The molecule has 0 atom stereocenters. The Morgan fingerprint density at radius 1 is 0.467 bits per heavy atom. The van der Waals surface area contributed by atoms with Crippen molar-refractivity contribution in [2.45, 2.75) is 39.0 Å². The SMILES string of the molecule is CCC1(COCCCCCCOc2ccc(N(c3ccc(-c4ccc(Nc5ccccc5)cc4)cc3)c3ccc(-c4ccc(Nc5ccccc5)cc4)cc3)cc2)COC1. The Kier molecular flexibility index (Phi) is 13.5. The van der Waals surface area contributed by atoms with Crippen LogP contribution in [0.15, 0.2) is 182 Å². The minimum absolute atomic E-state index is 0.263. The Balaban J connectivity index is 0.926. The van der Waals surface area contributed by atoms with E-state index < -0.39 is 0 Å². The van der Waals surface area contributed by atoms with E-state index in [0.717, 1.165) is 115 Å². The largest absolute Gasteiger partial charge is 0.494 e. The van der Waals surface area contributed by atoms with Gasteiger partial charge in [-0.15, -0.1) is 0 Å². The highest BCUT2D eigenvalue weighted by atomic mass is 16.5. The van der Waals surface area contributed by atoms with Crippen molar-refractivity contribution in [2.24, 2.45) is 5.41 Å². The Morgan fingerprint density at radius 3 is 1.28 bits per heavy atom. The molecule has 304 valence electrons. The molecule has 1 heterocycles. The van der Waals surface area contributed by atoms with E-state index in [2.05, 4.69) is 168 Å². The number of nitrogens with one attached hydrogen (secondary N) is 2. The van der Waals surface area contributed by atoms with E-state index in [1.807, 2.05) is 36.4 Å². The molecular weight excluding hydrogens is 739 g/mol.